The predicted octanol–water partition coefficient (Wildman–Crippen LogP) is 2.46. The molecule has 0 bridgehead atoms. The van der Waals surface area contributed by atoms with Gasteiger partial charge in [0.25, 0.3) is 0 Å². The summed E-state index contributed by atoms with van der Waals surface area (Å²) in [5.41, 5.74) is 0.911. The fraction of sp³-hybridized carbons (Fsp3) is 0.308. The highest BCUT2D eigenvalue weighted by molar-refractivity contribution is 5.21. The molecule has 1 aromatic carbocycles. The molecule has 1 heterocycles. The third kappa shape index (κ3) is 2.56. The summed E-state index contributed by atoms with van der Waals surface area (Å²) in [5, 5.41) is 10.0. The van der Waals surface area contributed by atoms with Crippen LogP contribution in [-0.2, 0) is 13.0 Å². The Bertz CT molecular complexity index is 540. The molecule has 0 aliphatic carbocycles. The normalized spacial score (nSPS) is 12.7. The van der Waals surface area contributed by atoms with Crippen LogP contribution >= 0.6 is 0 Å². The van der Waals surface area contributed by atoms with E-state index in [1.54, 1.807) is 17.1 Å². The van der Waals surface area contributed by atoms with Crippen molar-refractivity contribution >= 4 is 0 Å². The van der Waals surface area contributed by atoms with Crippen LogP contribution in [-0.4, -0.2) is 14.7 Å². The molecule has 5 heteroatoms. The molecule has 3 nitrogen and oxygen atoms in total. The third-order valence-corrected chi connectivity index (χ3v) is 2.85. The average molecular weight is 252 g/mol. The minimum Gasteiger partial charge on any atom is -0.386 e. The van der Waals surface area contributed by atoms with Gasteiger partial charge in [0.15, 0.2) is 0 Å². The molecule has 0 spiro atoms. The highest BCUT2D eigenvalue weighted by Gasteiger charge is 2.15. The summed E-state index contributed by atoms with van der Waals surface area (Å²) in [7, 11) is 0. The fourth-order valence-corrected chi connectivity index (χ4v) is 1.87. The number of nitrogens with zero attached hydrogens (tertiary/aromatic N) is 2. The second-order valence-corrected chi connectivity index (χ2v) is 4.06. The SMILES string of the molecule is CCn1cncc1C(O)Cc1ccc(F)cc1F. The van der Waals surface area contributed by atoms with Gasteiger partial charge in [-0.25, -0.2) is 13.8 Å². The summed E-state index contributed by atoms with van der Waals surface area (Å²) in [6, 6.07) is 3.35. The second kappa shape index (κ2) is 5.27. The predicted molar refractivity (Wildman–Crippen MR) is 62.9 cm³/mol. The number of aliphatic hydroxyl groups is 1. The molecule has 0 amide bonds. The Morgan fingerprint density at radius 3 is 2.83 bits per heavy atom. The first kappa shape index (κ1) is 12.7. The van der Waals surface area contributed by atoms with Crippen LogP contribution in [0.1, 0.15) is 24.3 Å². The topological polar surface area (TPSA) is 38.0 Å². The van der Waals surface area contributed by atoms with Crippen molar-refractivity contribution in [1.29, 1.82) is 0 Å². The number of imidazole rings is 1. The maximum absolute atomic E-state index is 13.5. The van der Waals surface area contributed by atoms with E-state index in [0.29, 0.717) is 12.2 Å². The Morgan fingerprint density at radius 1 is 1.39 bits per heavy atom. The zero-order valence-corrected chi connectivity index (χ0v) is 9.98. The van der Waals surface area contributed by atoms with E-state index < -0.39 is 17.7 Å². The van der Waals surface area contributed by atoms with Gasteiger partial charge in [0.2, 0.25) is 0 Å². The van der Waals surface area contributed by atoms with Crippen LogP contribution < -0.4 is 0 Å². The Balaban J connectivity index is 2.18. The minimum absolute atomic E-state index is 0.0950. The molecule has 18 heavy (non-hydrogen) atoms. The largest absolute Gasteiger partial charge is 0.386 e. The van der Waals surface area contributed by atoms with Gasteiger partial charge in [-0.3, -0.25) is 0 Å². The van der Waals surface area contributed by atoms with Crippen LogP contribution in [0.15, 0.2) is 30.7 Å². The van der Waals surface area contributed by atoms with Gasteiger partial charge in [0.05, 0.1) is 24.3 Å². The van der Waals surface area contributed by atoms with Crippen molar-refractivity contribution in [3.8, 4) is 0 Å². The summed E-state index contributed by atoms with van der Waals surface area (Å²) < 4.78 is 28.0. The van der Waals surface area contributed by atoms with Gasteiger partial charge in [0, 0.05) is 19.0 Å². The van der Waals surface area contributed by atoms with E-state index in [9.17, 15) is 13.9 Å². The molecule has 0 aliphatic heterocycles. The Morgan fingerprint density at radius 2 is 2.17 bits per heavy atom. The van der Waals surface area contributed by atoms with Crippen LogP contribution in [0.5, 0.6) is 0 Å². The number of rotatable bonds is 4. The number of aliphatic hydroxyl groups excluding tert-OH is 1. The van der Waals surface area contributed by atoms with Crippen molar-refractivity contribution in [2.24, 2.45) is 0 Å². The van der Waals surface area contributed by atoms with E-state index in [4.69, 9.17) is 0 Å². The molecule has 0 aliphatic rings. The van der Waals surface area contributed by atoms with Crippen LogP contribution in [0.2, 0.25) is 0 Å². The number of hydrogen-bond acceptors (Lipinski definition) is 2. The first-order chi connectivity index (χ1) is 8.61. The van der Waals surface area contributed by atoms with Crippen molar-refractivity contribution in [2.75, 3.05) is 0 Å². The van der Waals surface area contributed by atoms with Crippen molar-refractivity contribution < 1.29 is 13.9 Å². The summed E-state index contributed by atoms with van der Waals surface area (Å²) in [6.07, 6.45) is 2.40. The number of aromatic nitrogens is 2. The smallest absolute Gasteiger partial charge is 0.129 e. The lowest BCUT2D eigenvalue weighted by Gasteiger charge is -2.13. The second-order valence-electron chi connectivity index (χ2n) is 4.06. The molecular weight excluding hydrogens is 238 g/mol. The highest BCUT2D eigenvalue weighted by atomic mass is 19.1. The van der Waals surface area contributed by atoms with Crippen LogP contribution in [0.3, 0.4) is 0 Å². The van der Waals surface area contributed by atoms with Gasteiger partial charge >= 0.3 is 0 Å². The Kier molecular flexibility index (Phi) is 3.72. The van der Waals surface area contributed by atoms with Crippen molar-refractivity contribution in [3.63, 3.8) is 0 Å². The molecule has 2 rings (SSSR count). The summed E-state index contributed by atoms with van der Waals surface area (Å²) in [6.45, 7) is 2.61. The molecule has 2 aromatic rings. The number of hydrogen-bond donors (Lipinski definition) is 1. The highest BCUT2D eigenvalue weighted by Crippen LogP contribution is 2.20. The van der Waals surface area contributed by atoms with Gasteiger partial charge in [-0.15, -0.1) is 0 Å². The molecule has 1 aromatic heterocycles. The molecule has 0 fully saturated rings. The summed E-state index contributed by atoms with van der Waals surface area (Å²) in [5.74, 6) is -1.26. The maximum Gasteiger partial charge on any atom is 0.129 e. The average Bonchev–Trinajstić information content (AvgIpc) is 2.81. The van der Waals surface area contributed by atoms with E-state index >= 15 is 0 Å². The molecule has 1 unspecified atom stereocenters. The van der Waals surface area contributed by atoms with Crippen LogP contribution in [0, 0.1) is 11.6 Å². The van der Waals surface area contributed by atoms with Gasteiger partial charge in [-0.1, -0.05) is 6.07 Å². The lowest BCUT2D eigenvalue weighted by molar-refractivity contribution is 0.167. The van der Waals surface area contributed by atoms with Gasteiger partial charge < -0.3 is 9.67 Å². The van der Waals surface area contributed by atoms with Crippen molar-refractivity contribution in [1.82, 2.24) is 9.55 Å². The number of halogens is 2. The monoisotopic (exact) mass is 252 g/mol. The molecule has 0 saturated heterocycles. The van der Waals surface area contributed by atoms with E-state index in [0.717, 1.165) is 6.07 Å². The molecule has 0 saturated carbocycles. The third-order valence-electron chi connectivity index (χ3n) is 2.85. The molecule has 0 radical (unpaired) electrons. The lowest BCUT2D eigenvalue weighted by Crippen LogP contribution is -2.09. The number of aryl methyl sites for hydroxylation is 1. The quantitative estimate of drug-likeness (QED) is 0.907. The fourth-order valence-electron chi connectivity index (χ4n) is 1.87. The minimum atomic E-state index is -0.854. The van der Waals surface area contributed by atoms with Crippen molar-refractivity contribution in [2.45, 2.75) is 26.0 Å². The van der Waals surface area contributed by atoms with E-state index in [1.807, 2.05) is 6.92 Å². The molecular formula is C13H14F2N2O. The van der Waals surface area contributed by atoms with E-state index in [-0.39, 0.29) is 12.0 Å². The lowest BCUT2D eigenvalue weighted by atomic mass is 10.1. The maximum atomic E-state index is 13.5. The Hall–Kier alpha value is -1.75. The van der Waals surface area contributed by atoms with Gasteiger partial charge in [-0.2, -0.15) is 0 Å². The zero-order valence-electron chi connectivity index (χ0n) is 9.98. The van der Waals surface area contributed by atoms with Gasteiger partial charge in [-0.05, 0) is 18.6 Å². The van der Waals surface area contributed by atoms with E-state index in [1.165, 1.54) is 12.1 Å². The molecule has 96 valence electrons. The zero-order chi connectivity index (χ0) is 13.1. The number of benzene rings is 1. The first-order valence-corrected chi connectivity index (χ1v) is 5.73. The van der Waals surface area contributed by atoms with Crippen LogP contribution in [0.25, 0.3) is 0 Å². The summed E-state index contributed by atoms with van der Waals surface area (Å²) >= 11 is 0. The first-order valence-electron chi connectivity index (χ1n) is 5.73. The van der Waals surface area contributed by atoms with E-state index in [2.05, 4.69) is 4.98 Å². The summed E-state index contributed by atoms with van der Waals surface area (Å²) in [4.78, 5) is 3.94. The Labute approximate surface area is 104 Å². The standard InChI is InChI=1S/C13H14F2N2O/c1-2-17-8-16-7-12(17)13(18)5-9-3-4-10(14)6-11(9)15/h3-4,6-8,13,18H,2,5H2,1H3. The van der Waals surface area contributed by atoms with Crippen LogP contribution in [0.4, 0.5) is 8.78 Å². The molecule has 1 atom stereocenters. The van der Waals surface area contributed by atoms with Crippen molar-refractivity contribution in [3.05, 3.63) is 53.6 Å². The van der Waals surface area contributed by atoms with Gasteiger partial charge in [0.1, 0.15) is 11.6 Å². The molecule has 1 N–H and O–H groups in total.